The van der Waals surface area contributed by atoms with E-state index in [2.05, 4.69) is 4.99 Å². The molecule has 2 saturated heterocycles. The Bertz CT molecular complexity index is 1060. The number of nitrogens with zero attached hydrogens (tertiary/aromatic N) is 3. The molecule has 0 aromatic heterocycles. The molecular weight excluding hydrogens is 503 g/mol. The summed E-state index contributed by atoms with van der Waals surface area (Å²) in [5.74, 6) is -2.14. The number of rotatable bonds is 4. The van der Waals surface area contributed by atoms with Crippen LogP contribution in [-0.4, -0.2) is 89.8 Å². The van der Waals surface area contributed by atoms with E-state index in [4.69, 9.17) is 10.5 Å². The zero-order chi connectivity index (χ0) is 28.5. The highest BCUT2D eigenvalue weighted by atomic mass is 19.4. The highest BCUT2D eigenvalue weighted by Crippen LogP contribution is 2.33. The Morgan fingerprint density at radius 3 is 2.18 bits per heavy atom. The van der Waals surface area contributed by atoms with Gasteiger partial charge in [-0.3, -0.25) is 14.7 Å². The second-order valence-corrected chi connectivity index (χ2v) is 11.8. The molecule has 0 atom stereocenters. The molecule has 3 rings (SSSR count). The number of aliphatic imine (C=N–C) groups is 1. The van der Waals surface area contributed by atoms with Crippen molar-refractivity contribution in [2.24, 2.45) is 4.99 Å². The second kappa shape index (κ2) is 10.7. The Morgan fingerprint density at radius 2 is 1.68 bits per heavy atom. The number of carbonyl (C=O) groups is 2. The van der Waals surface area contributed by atoms with Gasteiger partial charge in [-0.1, -0.05) is 0 Å². The summed E-state index contributed by atoms with van der Waals surface area (Å²) >= 11 is 0. The summed E-state index contributed by atoms with van der Waals surface area (Å²) in [5, 5.41) is 12.2. The molecule has 0 saturated carbocycles. The van der Waals surface area contributed by atoms with E-state index in [0.29, 0.717) is 18.7 Å². The molecule has 212 valence electrons. The number of piperidine rings is 1. The number of halogens is 3. The minimum Gasteiger partial charge on any atom is -0.444 e. The van der Waals surface area contributed by atoms with Gasteiger partial charge in [-0.25, -0.2) is 4.79 Å². The van der Waals surface area contributed by atoms with Crippen LogP contribution in [0.5, 0.6) is 0 Å². The van der Waals surface area contributed by atoms with Crippen molar-refractivity contribution < 1.29 is 37.1 Å². The predicted octanol–water partition coefficient (Wildman–Crippen LogP) is 3.65. The largest absolute Gasteiger partial charge is 0.471 e. The van der Waals surface area contributed by atoms with Crippen molar-refractivity contribution in [2.75, 3.05) is 50.3 Å². The van der Waals surface area contributed by atoms with Gasteiger partial charge >= 0.3 is 18.2 Å². The molecule has 1 aromatic carbocycles. The Labute approximate surface area is 221 Å². The number of hydrogen-bond acceptors (Lipinski definition) is 6. The fourth-order valence-corrected chi connectivity index (χ4v) is 4.83. The number of hydrogen-bond donors (Lipinski definition) is 3. The number of alkyl halides is 3. The quantitative estimate of drug-likeness (QED) is 0.305. The summed E-state index contributed by atoms with van der Waals surface area (Å²) in [6.07, 6.45) is -2.20. The number of nitrogens with two attached hydrogens (primary N) is 1. The Hall–Kier alpha value is -2.86. The third-order valence-corrected chi connectivity index (χ3v) is 7.03. The topological polar surface area (TPSA) is 117 Å². The molecule has 1 aromatic rings. The summed E-state index contributed by atoms with van der Waals surface area (Å²) in [7, 11) is 0. The lowest BCUT2D eigenvalue weighted by Crippen LogP contribution is -2.63. The predicted molar refractivity (Wildman–Crippen MR) is 139 cm³/mol. The molecule has 38 heavy (non-hydrogen) atoms. The van der Waals surface area contributed by atoms with E-state index in [-0.39, 0.29) is 29.1 Å². The van der Waals surface area contributed by atoms with Crippen molar-refractivity contribution in [3.8, 4) is 0 Å². The first-order valence-corrected chi connectivity index (χ1v) is 12.8. The van der Waals surface area contributed by atoms with E-state index in [1.54, 1.807) is 4.90 Å². The molecule has 0 aliphatic carbocycles. The Kier molecular flexibility index (Phi) is 8.38. The number of ether oxygens (including phenoxy) is 1. The van der Waals surface area contributed by atoms with E-state index >= 15 is 0 Å². The van der Waals surface area contributed by atoms with Crippen LogP contribution in [0.25, 0.3) is 0 Å². The highest BCUT2D eigenvalue weighted by molar-refractivity contribution is 5.98. The smallest absolute Gasteiger partial charge is 0.444 e. The van der Waals surface area contributed by atoms with Gasteiger partial charge < -0.3 is 25.4 Å². The number of nitrogens with one attached hydrogen (secondary N) is 1. The van der Waals surface area contributed by atoms with Crippen LogP contribution >= 0.6 is 0 Å². The molecule has 4 N–H and O–H groups in total. The van der Waals surface area contributed by atoms with Crippen LogP contribution in [-0.2, 0) is 15.1 Å². The molecule has 12 heteroatoms. The van der Waals surface area contributed by atoms with Crippen molar-refractivity contribution in [1.82, 2.24) is 4.90 Å². The maximum Gasteiger partial charge on any atom is 0.471 e. The van der Waals surface area contributed by atoms with Crippen molar-refractivity contribution in [2.45, 2.75) is 70.9 Å². The molecule has 0 unspecified atom stereocenters. The van der Waals surface area contributed by atoms with Gasteiger partial charge in [-0.05, 0) is 46.8 Å². The van der Waals surface area contributed by atoms with Gasteiger partial charge in [0, 0.05) is 41.6 Å². The van der Waals surface area contributed by atoms with E-state index in [9.17, 15) is 27.9 Å². The van der Waals surface area contributed by atoms with E-state index < -0.39 is 23.3 Å². The Balaban J connectivity index is 1.65. The second-order valence-electron chi connectivity index (χ2n) is 11.8. The molecule has 2 aliphatic rings. The molecule has 9 nitrogen and oxygen atoms in total. The lowest BCUT2D eigenvalue weighted by Gasteiger charge is -2.47. The third-order valence-electron chi connectivity index (χ3n) is 7.03. The van der Waals surface area contributed by atoms with Crippen LogP contribution in [0, 0.1) is 0 Å². The van der Waals surface area contributed by atoms with Gasteiger partial charge in [-0.15, -0.1) is 0 Å². The first kappa shape index (κ1) is 29.7. The summed E-state index contributed by atoms with van der Waals surface area (Å²) in [4.78, 5) is 30.3. The van der Waals surface area contributed by atoms with Crippen molar-refractivity contribution in [1.29, 1.82) is 0 Å². The average molecular weight is 543 g/mol. The Morgan fingerprint density at radius 1 is 1.11 bits per heavy atom. The standard InChI is InChI=1S/C26H38F3N5O4/c1-24(2,3)38-23(36)33-8-12-34(13-9-33)10-6-18(7-11-34)31-16-17-14-21(32-22(35)26(27,28)29)19(15-20(17)30)25(4,5)37/h14-16,18,37H,6-13H2,1-5H3,(H2-,30,31,32,35)/p+1. The fraction of sp³-hybridized carbons (Fsp3) is 0.654. The van der Waals surface area contributed by atoms with Crippen molar-refractivity contribution in [3.63, 3.8) is 0 Å². The van der Waals surface area contributed by atoms with Gasteiger partial charge in [0.05, 0.1) is 50.9 Å². The van der Waals surface area contributed by atoms with Crippen LogP contribution in [0.1, 0.15) is 58.6 Å². The van der Waals surface area contributed by atoms with Crippen LogP contribution in [0.15, 0.2) is 17.1 Å². The van der Waals surface area contributed by atoms with Crippen LogP contribution in [0.4, 0.5) is 29.3 Å². The van der Waals surface area contributed by atoms with Gasteiger partial charge in [0.2, 0.25) is 0 Å². The number of amides is 2. The highest BCUT2D eigenvalue weighted by Gasteiger charge is 2.40. The van der Waals surface area contributed by atoms with Gasteiger partial charge in [-0.2, -0.15) is 13.2 Å². The van der Waals surface area contributed by atoms with E-state index in [1.165, 1.54) is 32.2 Å². The first-order chi connectivity index (χ1) is 17.4. The lowest BCUT2D eigenvalue weighted by molar-refractivity contribution is -0.936. The zero-order valence-electron chi connectivity index (χ0n) is 22.7. The summed E-state index contributed by atoms with van der Waals surface area (Å²) in [6.45, 7) is 13.1. The number of piperazine rings is 1. The average Bonchev–Trinajstić information content (AvgIpc) is 2.78. The molecular formula is C26H39F3N5O4+. The number of nitrogen functional groups attached to an aromatic ring is 1. The number of carbonyl (C=O) groups excluding carboxylic acids is 2. The third kappa shape index (κ3) is 7.59. The van der Waals surface area contributed by atoms with E-state index in [0.717, 1.165) is 43.5 Å². The fourth-order valence-electron chi connectivity index (χ4n) is 4.83. The molecule has 2 fully saturated rings. The molecule has 2 heterocycles. The SMILES string of the molecule is CC(C)(C)OC(=O)N1CC[N+]2(CCC(N=Cc3cc(NC(=O)C(F)(F)F)c(C(C)(C)O)cc3N)CC2)CC1. The molecule has 0 radical (unpaired) electrons. The van der Waals surface area contributed by atoms with Crippen LogP contribution in [0.2, 0.25) is 0 Å². The van der Waals surface area contributed by atoms with Crippen molar-refractivity contribution >= 4 is 29.6 Å². The normalized spacial score (nSPS) is 19.1. The minimum absolute atomic E-state index is 0.0178. The molecule has 2 amide bonds. The first-order valence-electron chi connectivity index (χ1n) is 12.8. The summed E-state index contributed by atoms with van der Waals surface area (Å²) < 4.78 is 45.0. The summed E-state index contributed by atoms with van der Waals surface area (Å²) in [5.41, 5.74) is 4.54. The minimum atomic E-state index is -5.08. The van der Waals surface area contributed by atoms with E-state index in [1.807, 2.05) is 26.1 Å². The monoisotopic (exact) mass is 542 g/mol. The lowest BCUT2D eigenvalue weighted by atomic mass is 9.94. The number of aliphatic hydroxyl groups is 1. The molecule has 2 aliphatic heterocycles. The van der Waals surface area contributed by atoms with Crippen LogP contribution in [0.3, 0.4) is 0 Å². The maximum absolute atomic E-state index is 12.9. The number of quaternary nitrogens is 1. The number of benzene rings is 1. The van der Waals surface area contributed by atoms with Gasteiger partial charge in [0.25, 0.3) is 0 Å². The number of anilines is 2. The molecule has 0 bridgehead atoms. The maximum atomic E-state index is 12.9. The molecule has 1 spiro atoms. The van der Waals surface area contributed by atoms with Crippen molar-refractivity contribution in [3.05, 3.63) is 23.3 Å². The van der Waals surface area contributed by atoms with Crippen LogP contribution < -0.4 is 11.1 Å². The zero-order valence-corrected chi connectivity index (χ0v) is 22.7. The van der Waals surface area contributed by atoms with Gasteiger partial charge in [0.15, 0.2) is 0 Å². The van der Waals surface area contributed by atoms with Gasteiger partial charge in [0.1, 0.15) is 5.60 Å². The summed E-state index contributed by atoms with van der Waals surface area (Å²) in [6, 6.07) is 2.69.